The van der Waals surface area contributed by atoms with Crippen molar-refractivity contribution in [1.29, 1.82) is 0 Å². The smallest absolute Gasteiger partial charge is 0.280 e. The van der Waals surface area contributed by atoms with Crippen molar-refractivity contribution < 1.29 is 30.0 Å². The summed E-state index contributed by atoms with van der Waals surface area (Å²) in [7, 11) is -7.78. The van der Waals surface area contributed by atoms with Gasteiger partial charge in [0.1, 0.15) is 0 Å². The highest BCUT2D eigenvalue weighted by Crippen LogP contribution is 2.36. The summed E-state index contributed by atoms with van der Waals surface area (Å²) in [6, 6.07) is 7.05. The zero-order valence-electron chi connectivity index (χ0n) is 13.2. The Morgan fingerprint density at radius 3 is 2.00 bits per heavy atom. The number of anilines is 1. The topological polar surface area (TPSA) is 80.3 Å². The van der Waals surface area contributed by atoms with Gasteiger partial charge in [-0.15, -0.1) is 0 Å². The molecule has 0 aliphatic rings. The second-order valence-electron chi connectivity index (χ2n) is 5.17. The minimum Gasteiger partial charge on any atom is -0.280 e. The fourth-order valence-electron chi connectivity index (χ4n) is 2.00. The van der Waals surface area contributed by atoms with Gasteiger partial charge in [0.2, 0.25) is 0 Å². The second kappa shape index (κ2) is 7.09. The largest absolute Gasteiger partial charge is 0.417 e. The number of benzene rings is 2. The van der Waals surface area contributed by atoms with Gasteiger partial charge in [0, 0.05) is 5.69 Å². The van der Waals surface area contributed by atoms with Crippen molar-refractivity contribution in [2.45, 2.75) is 22.9 Å². The van der Waals surface area contributed by atoms with Gasteiger partial charge in [-0.1, -0.05) is 18.5 Å². The highest BCUT2D eigenvalue weighted by molar-refractivity contribution is 7.92. The molecule has 2 aromatic carbocycles. The average molecular weight is 428 g/mol. The molecule has 0 saturated carbocycles. The molecule has 2 aromatic rings. The molecule has 0 aromatic heterocycles. The predicted molar refractivity (Wildman–Crippen MR) is 91.4 cm³/mol. The van der Waals surface area contributed by atoms with Gasteiger partial charge in [0.05, 0.1) is 26.1 Å². The third-order valence-electron chi connectivity index (χ3n) is 3.40. The first kappa shape index (κ1) is 20.5. The first-order valence-corrected chi connectivity index (χ1v) is 10.6. The number of hydrogen-bond acceptors (Lipinski definition) is 4. The number of nitrogens with one attached hydrogen (secondary N) is 1. The van der Waals surface area contributed by atoms with Crippen LogP contribution >= 0.6 is 11.6 Å². The number of hydrogen-bond donors (Lipinski definition) is 1. The molecule has 11 heteroatoms. The molecular weight excluding hydrogens is 415 g/mol. The summed E-state index contributed by atoms with van der Waals surface area (Å²) in [5.74, 6) is -0.122. The maximum Gasteiger partial charge on any atom is 0.417 e. The Morgan fingerprint density at radius 1 is 0.962 bits per heavy atom. The summed E-state index contributed by atoms with van der Waals surface area (Å²) in [6.07, 6.45) is -4.81. The van der Waals surface area contributed by atoms with E-state index >= 15 is 0 Å². The Hall–Kier alpha value is -1.78. The molecule has 0 fully saturated rings. The van der Waals surface area contributed by atoms with Crippen molar-refractivity contribution >= 4 is 37.1 Å². The van der Waals surface area contributed by atoms with Crippen LogP contribution in [0.25, 0.3) is 0 Å². The van der Waals surface area contributed by atoms with Gasteiger partial charge in [0.25, 0.3) is 10.0 Å². The molecule has 26 heavy (non-hydrogen) atoms. The minimum absolute atomic E-state index is 0.00330. The third-order valence-corrected chi connectivity index (χ3v) is 6.86. The molecular formula is C15H13ClF3NO4S2. The Kier molecular flexibility index (Phi) is 5.60. The van der Waals surface area contributed by atoms with E-state index in [1.165, 1.54) is 31.2 Å². The Labute approximate surface area is 153 Å². The maximum atomic E-state index is 12.9. The SMILES string of the molecule is CCS(=O)(=O)c1ccc(NS(=O)(=O)c2ccc(Cl)c(C(F)(F)F)c2)cc1. The van der Waals surface area contributed by atoms with Gasteiger partial charge < -0.3 is 0 Å². The zero-order chi connectivity index (χ0) is 19.8. The van der Waals surface area contributed by atoms with Crippen LogP contribution in [0.1, 0.15) is 12.5 Å². The van der Waals surface area contributed by atoms with E-state index in [2.05, 4.69) is 4.72 Å². The lowest BCUT2D eigenvalue weighted by molar-refractivity contribution is -0.137. The molecule has 5 nitrogen and oxygen atoms in total. The molecule has 0 aliphatic carbocycles. The van der Waals surface area contributed by atoms with E-state index in [1.807, 2.05) is 0 Å². The fraction of sp³-hybridized carbons (Fsp3) is 0.200. The lowest BCUT2D eigenvalue weighted by Crippen LogP contribution is -2.15. The Balaban J connectivity index is 2.35. The van der Waals surface area contributed by atoms with E-state index < -0.39 is 41.5 Å². The molecule has 0 unspecified atom stereocenters. The molecule has 0 amide bonds. The highest BCUT2D eigenvalue weighted by Gasteiger charge is 2.34. The first-order chi connectivity index (χ1) is 11.9. The van der Waals surface area contributed by atoms with Crippen molar-refractivity contribution in [1.82, 2.24) is 0 Å². The molecule has 0 atom stereocenters. The Bertz CT molecular complexity index is 1020. The van der Waals surface area contributed by atoms with Crippen LogP contribution in [0, 0.1) is 0 Å². The summed E-state index contributed by atoms with van der Waals surface area (Å²) in [5, 5.41) is -0.620. The van der Waals surface area contributed by atoms with Crippen LogP contribution in [0.4, 0.5) is 18.9 Å². The number of alkyl halides is 3. The maximum absolute atomic E-state index is 12.9. The van der Waals surface area contributed by atoms with E-state index in [0.29, 0.717) is 6.07 Å². The van der Waals surface area contributed by atoms with E-state index in [4.69, 9.17) is 11.6 Å². The van der Waals surface area contributed by atoms with Crippen molar-refractivity contribution in [3.05, 3.63) is 53.1 Å². The quantitative estimate of drug-likeness (QED) is 0.783. The molecule has 0 heterocycles. The highest BCUT2D eigenvalue weighted by atomic mass is 35.5. The summed E-state index contributed by atoms with van der Waals surface area (Å²) in [4.78, 5) is -0.617. The minimum atomic E-state index is -4.81. The van der Waals surface area contributed by atoms with Gasteiger partial charge in [-0.05, 0) is 42.5 Å². The Morgan fingerprint density at radius 2 is 1.50 bits per heavy atom. The number of sulfonamides is 1. The van der Waals surface area contributed by atoms with Crippen molar-refractivity contribution in [2.75, 3.05) is 10.5 Å². The normalized spacial score (nSPS) is 12.8. The average Bonchev–Trinajstić information content (AvgIpc) is 2.54. The van der Waals surface area contributed by atoms with Gasteiger partial charge in [0.15, 0.2) is 9.84 Å². The van der Waals surface area contributed by atoms with E-state index in [1.54, 1.807) is 0 Å². The molecule has 0 aliphatic heterocycles. The lowest BCUT2D eigenvalue weighted by atomic mass is 10.2. The predicted octanol–water partition coefficient (Wildman–Crippen LogP) is 3.95. The second-order valence-corrected chi connectivity index (χ2v) is 9.54. The van der Waals surface area contributed by atoms with E-state index in [-0.39, 0.29) is 16.3 Å². The van der Waals surface area contributed by atoms with Gasteiger partial charge in [-0.2, -0.15) is 13.2 Å². The van der Waals surface area contributed by atoms with Crippen LogP contribution in [0.3, 0.4) is 0 Å². The van der Waals surface area contributed by atoms with Crippen LogP contribution in [-0.4, -0.2) is 22.6 Å². The van der Waals surface area contributed by atoms with E-state index in [0.717, 1.165) is 12.1 Å². The van der Waals surface area contributed by atoms with Crippen LogP contribution in [0.2, 0.25) is 5.02 Å². The fourth-order valence-corrected chi connectivity index (χ4v) is 4.19. The van der Waals surface area contributed by atoms with Crippen LogP contribution in [0.5, 0.6) is 0 Å². The molecule has 1 N–H and O–H groups in total. The van der Waals surface area contributed by atoms with Gasteiger partial charge in [-0.25, -0.2) is 16.8 Å². The summed E-state index contributed by atoms with van der Waals surface area (Å²) < 4.78 is 88.8. The standard InChI is InChI=1S/C15H13ClF3NO4S2/c1-2-25(21,22)11-5-3-10(4-6-11)20-26(23,24)12-7-8-14(16)13(9-12)15(17,18)19/h3-9,20H,2H2,1H3. The number of halogens is 4. The number of sulfone groups is 1. The van der Waals surface area contributed by atoms with Crippen LogP contribution in [-0.2, 0) is 26.0 Å². The van der Waals surface area contributed by atoms with Gasteiger partial charge >= 0.3 is 6.18 Å². The molecule has 0 spiro atoms. The third kappa shape index (κ3) is 4.49. The summed E-state index contributed by atoms with van der Waals surface area (Å²) in [5.41, 5.74) is -1.27. The first-order valence-electron chi connectivity index (χ1n) is 7.09. The molecule has 0 saturated heterocycles. The number of rotatable bonds is 5. The van der Waals surface area contributed by atoms with Crippen molar-refractivity contribution in [3.63, 3.8) is 0 Å². The summed E-state index contributed by atoms with van der Waals surface area (Å²) in [6.45, 7) is 1.46. The monoisotopic (exact) mass is 427 g/mol. The molecule has 0 bridgehead atoms. The van der Waals surface area contributed by atoms with E-state index in [9.17, 15) is 30.0 Å². The molecule has 0 radical (unpaired) electrons. The van der Waals surface area contributed by atoms with Gasteiger partial charge in [-0.3, -0.25) is 4.72 Å². The zero-order valence-corrected chi connectivity index (χ0v) is 15.6. The van der Waals surface area contributed by atoms with Crippen LogP contribution in [0.15, 0.2) is 52.3 Å². The lowest BCUT2D eigenvalue weighted by Gasteiger charge is -2.13. The van der Waals surface area contributed by atoms with Crippen LogP contribution < -0.4 is 4.72 Å². The summed E-state index contributed by atoms with van der Waals surface area (Å²) >= 11 is 5.47. The van der Waals surface area contributed by atoms with Crippen molar-refractivity contribution in [2.24, 2.45) is 0 Å². The molecule has 2 rings (SSSR count). The molecule has 142 valence electrons. The van der Waals surface area contributed by atoms with Crippen molar-refractivity contribution in [3.8, 4) is 0 Å².